The molecule has 0 saturated heterocycles. The van der Waals surface area contributed by atoms with Crippen LogP contribution in [0.1, 0.15) is 24.2 Å². The van der Waals surface area contributed by atoms with Gasteiger partial charge in [0, 0.05) is 6.20 Å². The molecule has 18 heavy (non-hydrogen) atoms. The molecule has 0 aliphatic carbocycles. The second-order valence-corrected chi connectivity index (χ2v) is 4.00. The number of pyridine rings is 1. The molecule has 0 aromatic carbocycles. The molecule has 0 radical (unpaired) electrons. The van der Waals surface area contributed by atoms with E-state index in [1.54, 1.807) is 13.8 Å². The fourth-order valence-corrected chi connectivity index (χ4v) is 1.33. The first-order valence-corrected chi connectivity index (χ1v) is 5.18. The highest BCUT2D eigenvalue weighted by atomic mass is 19.2. The number of carboxylic acid groups (broad SMARTS) is 1. The van der Waals surface area contributed by atoms with Crippen LogP contribution in [-0.4, -0.2) is 28.0 Å². The largest absolute Gasteiger partial charge is 0.480 e. The minimum absolute atomic E-state index is 0.388. The van der Waals surface area contributed by atoms with Crippen LogP contribution in [0.5, 0.6) is 0 Å². The van der Waals surface area contributed by atoms with E-state index in [1.807, 2.05) is 0 Å². The van der Waals surface area contributed by atoms with Gasteiger partial charge in [0.15, 0.2) is 5.82 Å². The predicted molar refractivity (Wildman–Crippen MR) is 57.9 cm³/mol. The van der Waals surface area contributed by atoms with Crippen LogP contribution in [0.15, 0.2) is 12.3 Å². The Kier molecular flexibility index (Phi) is 4.30. The Hall–Kier alpha value is -2.05. The fraction of sp³-hybridized carbons (Fsp3) is 0.364. The normalized spacial score (nSPS) is 12.3. The van der Waals surface area contributed by atoms with Gasteiger partial charge in [-0.15, -0.1) is 0 Å². The third-order valence-corrected chi connectivity index (χ3v) is 2.31. The molecular formula is C11H12F2N2O3. The Morgan fingerprint density at radius 2 is 2.00 bits per heavy atom. The molecule has 5 nitrogen and oxygen atoms in total. The second-order valence-electron chi connectivity index (χ2n) is 4.00. The molecule has 1 atom stereocenters. The Morgan fingerprint density at radius 3 is 2.50 bits per heavy atom. The van der Waals surface area contributed by atoms with E-state index in [2.05, 4.69) is 10.3 Å². The number of carbonyl (C=O) groups excluding carboxylic acids is 1. The summed E-state index contributed by atoms with van der Waals surface area (Å²) in [6.07, 6.45) is 0.929. The molecule has 98 valence electrons. The maximum absolute atomic E-state index is 13.3. The summed E-state index contributed by atoms with van der Waals surface area (Å²) >= 11 is 0. The Morgan fingerprint density at radius 1 is 1.39 bits per heavy atom. The van der Waals surface area contributed by atoms with Gasteiger partial charge in [-0.1, -0.05) is 13.8 Å². The van der Waals surface area contributed by atoms with Gasteiger partial charge in [-0.25, -0.2) is 14.2 Å². The number of carboxylic acids is 1. The smallest absolute Gasteiger partial charge is 0.326 e. The molecule has 2 N–H and O–H groups in total. The molecule has 1 rings (SSSR count). The molecule has 0 saturated carbocycles. The van der Waals surface area contributed by atoms with Gasteiger partial charge in [-0.3, -0.25) is 4.79 Å². The first-order chi connectivity index (χ1) is 8.34. The summed E-state index contributed by atoms with van der Waals surface area (Å²) in [6, 6.07) is -0.194. The second kappa shape index (κ2) is 5.52. The SMILES string of the molecule is CC(C)C(NC(=O)c1ccnc(F)c1F)C(=O)O. The lowest BCUT2D eigenvalue weighted by molar-refractivity contribution is -0.140. The van der Waals surface area contributed by atoms with E-state index in [9.17, 15) is 18.4 Å². The lowest BCUT2D eigenvalue weighted by atomic mass is 10.0. The van der Waals surface area contributed by atoms with Crippen molar-refractivity contribution in [2.45, 2.75) is 19.9 Å². The summed E-state index contributed by atoms with van der Waals surface area (Å²) in [5.74, 6) is -5.42. The lowest BCUT2D eigenvalue weighted by Crippen LogP contribution is -2.44. The van der Waals surface area contributed by atoms with Crippen molar-refractivity contribution in [1.82, 2.24) is 10.3 Å². The van der Waals surface area contributed by atoms with Crippen molar-refractivity contribution in [2.24, 2.45) is 5.92 Å². The highest BCUT2D eigenvalue weighted by molar-refractivity contribution is 5.96. The van der Waals surface area contributed by atoms with Gasteiger partial charge in [-0.05, 0) is 12.0 Å². The highest BCUT2D eigenvalue weighted by Crippen LogP contribution is 2.10. The Bertz CT molecular complexity index is 477. The zero-order valence-electron chi connectivity index (χ0n) is 9.78. The molecule has 0 aliphatic heterocycles. The molecule has 1 heterocycles. The van der Waals surface area contributed by atoms with Crippen LogP contribution in [0.4, 0.5) is 8.78 Å². The molecule has 1 amide bonds. The number of aromatic nitrogens is 1. The van der Waals surface area contributed by atoms with Crippen LogP contribution in [0.2, 0.25) is 0 Å². The van der Waals surface area contributed by atoms with E-state index >= 15 is 0 Å². The summed E-state index contributed by atoms with van der Waals surface area (Å²) in [6.45, 7) is 3.17. The van der Waals surface area contributed by atoms with E-state index in [0.717, 1.165) is 12.3 Å². The molecule has 1 unspecified atom stereocenters. The Balaban J connectivity index is 2.94. The number of nitrogens with zero attached hydrogens (tertiary/aromatic N) is 1. The van der Waals surface area contributed by atoms with E-state index < -0.39 is 35.2 Å². The summed E-state index contributed by atoms with van der Waals surface area (Å²) in [5.41, 5.74) is -0.575. The third kappa shape index (κ3) is 2.99. The van der Waals surface area contributed by atoms with Crippen molar-refractivity contribution >= 4 is 11.9 Å². The van der Waals surface area contributed by atoms with E-state index in [0.29, 0.717) is 0 Å². The van der Waals surface area contributed by atoms with Crippen LogP contribution < -0.4 is 5.32 Å². The minimum atomic E-state index is -1.40. The predicted octanol–water partition coefficient (Wildman–Crippen LogP) is 1.20. The molecule has 0 spiro atoms. The fourth-order valence-electron chi connectivity index (χ4n) is 1.33. The van der Waals surface area contributed by atoms with Gasteiger partial charge >= 0.3 is 5.97 Å². The average Bonchev–Trinajstić information content (AvgIpc) is 2.28. The van der Waals surface area contributed by atoms with Gasteiger partial charge in [-0.2, -0.15) is 4.39 Å². The zero-order valence-corrected chi connectivity index (χ0v) is 9.78. The number of halogens is 2. The number of aliphatic carboxylic acids is 1. The molecule has 1 aromatic rings. The summed E-state index contributed by atoms with van der Waals surface area (Å²) in [7, 11) is 0. The first kappa shape index (κ1) is 14.0. The van der Waals surface area contributed by atoms with Gasteiger partial charge in [0.1, 0.15) is 6.04 Å². The van der Waals surface area contributed by atoms with Crippen LogP contribution in [0.3, 0.4) is 0 Å². The van der Waals surface area contributed by atoms with Crippen LogP contribution in [-0.2, 0) is 4.79 Å². The van der Waals surface area contributed by atoms with Crippen molar-refractivity contribution in [3.63, 3.8) is 0 Å². The quantitative estimate of drug-likeness (QED) is 0.795. The molecule has 7 heteroatoms. The molecule has 0 bridgehead atoms. The van der Waals surface area contributed by atoms with Crippen LogP contribution in [0, 0.1) is 17.7 Å². The van der Waals surface area contributed by atoms with Gasteiger partial charge in [0.05, 0.1) is 5.56 Å². The standard InChI is InChI=1S/C11H12F2N2O3/c1-5(2)8(11(17)18)15-10(16)6-3-4-14-9(13)7(6)12/h3-5,8H,1-2H3,(H,15,16)(H,17,18). The van der Waals surface area contributed by atoms with E-state index in [1.165, 1.54) is 0 Å². The summed E-state index contributed by atoms with van der Waals surface area (Å²) < 4.78 is 26.1. The zero-order chi connectivity index (χ0) is 13.9. The molecule has 0 fully saturated rings. The molecule has 1 aromatic heterocycles. The topological polar surface area (TPSA) is 79.3 Å². The number of hydrogen-bond acceptors (Lipinski definition) is 3. The molecule has 0 aliphatic rings. The number of nitrogens with one attached hydrogen (secondary N) is 1. The Labute approximate surface area is 102 Å². The monoisotopic (exact) mass is 258 g/mol. The van der Waals surface area contributed by atoms with E-state index in [4.69, 9.17) is 5.11 Å². The van der Waals surface area contributed by atoms with Gasteiger partial charge < -0.3 is 10.4 Å². The first-order valence-electron chi connectivity index (χ1n) is 5.18. The van der Waals surface area contributed by atoms with Crippen molar-refractivity contribution in [3.8, 4) is 0 Å². The summed E-state index contributed by atoms with van der Waals surface area (Å²) in [4.78, 5) is 25.5. The van der Waals surface area contributed by atoms with Crippen LogP contribution in [0.25, 0.3) is 0 Å². The maximum atomic E-state index is 13.3. The summed E-state index contributed by atoms with van der Waals surface area (Å²) in [5, 5.41) is 11.0. The van der Waals surface area contributed by atoms with E-state index in [-0.39, 0.29) is 5.92 Å². The number of carbonyl (C=O) groups is 2. The lowest BCUT2D eigenvalue weighted by Gasteiger charge is -2.17. The minimum Gasteiger partial charge on any atom is -0.480 e. The van der Waals surface area contributed by atoms with Crippen LogP contribution >= 0.6 is 0 Å². The molecular weight excluding hydrogens is 246 g/mol. The van der Waals surface area contributed by atoms with Gasteiger partial charge in [0.2, 0.25) is 5.95 Å². The average molecular weight is 258 g/mol. The van der Waals surface area contributed by atoms with Crippen molar-refractivity contribution < 1.29 is 23.5 Å². The number of hydrogen-bond donors (Lipinski definition) is 2. The number of rotatable bonds is 4. The third-order valence-electron chi connectivity index (χ3n) is 2.31. The van der Waals surface area contributed by atoms with Gasteiger partial charge in [0.25, 0.3) is 5.91 Å². The number of amides is 1. The maximum Gasteiger partial charge on any atom is 0.326 e. The van der Waals surface area contributed by atoms with Crippen molar-refractivity contribution in [3.05, 3.63) is 29.6 Å². The van der Waals surface area contributed by atoms with Crippen molar-refractivity contribution in [2.75, 3.05) is 0 Å². The van der Waals surface area contributed by atoms with Crippen molar-refractivity contribution in [1.29, 1.82) is 0 Å². The highest BCUT2D eigenvalue weighted by Gasteiger charge is 2.25.